The molecule has 1 fully saturated rings. The molecule has 0 aromatic carbocycles. The van der Waals surface area contributed by atoms with Gasteiger partial charge in [-0.05, 0) is 33.6 Å². The second kappa shape index (κ2) is 4.08. The lowest BCUT2D eigenvalue weighted by atomic mass is 10.1. The van der Waals surface area contributed by atoms with E-state index in [9.17, 15) is 9.59 Å². The molecule has 2 amide bonds. The average Bonchev–Trinajstić information content (AvgIpc) is 2.47. The minimum Gasteiger partial charge on any atom is -0.480 e. The number of nitrogens with one attached hydrogen (secondary N) is 1. The smallest absolute Gasteiger partial charge is 0.326 e. The zero-order valence-electron chi connectivity index (χ0n) is 9.41. The highest BCUT2D eigenvalue weighted by molar-refractivity contribution is 5.83. The first-order valence-electron chi connectivity index (χ1n) is 5.13. The third-order valence-corrected chi connectivity index (χ3v) is 2.28. The van der Waals surface area contributed by atoms with Crippen LogP contribution < -0.4 is 5.32 Å². The van der Waals surface area contributed by atoms with Gasteiger partial charge in [0.15, 0.2) is 0 Å². The number of urea groups is 1. The SMILES string of the molecule is CC(C)(C)NC(=O)N1CCCC1C(=O)O. The van der Waals surface area contributed by atoms with Crippen molar-refractivity contribution in [2.45, 2.75) is 45.2 Å². The molecule has 1 heterocycles. The standard InChI is InChI=1S/C10H18N2O3/c1-10(2,3)11-9(15)12-6-4-5-7(12)8(13)14/h7H,4-6H2,1-3H3,(H,11,15)(H,13,14). The Bertz CT molecular complexity index is 270. The number of hydrogen-bond donors (Lipinski definition) is 2. The first kappa shape index (κ1) is 11.8. The average molecular weight is 214 g/mol. The van der Waals surface area contributed by atoms with Crippen LogP contribution in [0, 0.1) is 0 Å². The molecule has 0 radical (unpaired) electrons. The van der Waals surface area contributed by atoms with Crippen molar-refractivity contribution in [3.05, 3.63) is 0 Å². The molecule has 1 atom stereocenters. The fourth-order valence-corrected chi connectivity index (χ4v) is 1.66. The van der Waals surface area contributed by atoms with E-state index in [4.69, 9.17) is 5.11 Å². The summed E-state index contributed by atoms with van der Waals surface area (Å²) in [6.45, 7) is 6.14. The van der Waals surface area contributed by atoms with Crippen LogP contribution in [0.15, 0.2) is 0 Å². The van der Waals surface area contributed by atoms with E-state index in [0.717, 1.165) is 6.42 Å². The normalized spacial score (nSPS) is 21.5. The van der Waals surface area contributed by atoms with Gasteiger partial charge in [-0.25, -0.2) is 9.59 Å². The monoisotopic (exact) mass is 214 g/mol. The molecule has 1 saturated heterocycles. The summed E-state index contributed by atoms with van der Waals surface area (Å²) in [5.41, 5.74) is -0.331. The van der Waals surface area contributed by atoms with Gasteiger partial charge in [-0.15, -0.1) is 0 Å². The number of carboxylic acid groups (broad SMARTS) is 1. The molecule has 5 heteroatoms. The van der Waals surface area contributed by atoms with E-state index in [0.29, 0.717) is 13.0 Å². The summed E-state index contributed by atoms with van der Waals surface area (Å²) >= 11 is 0. The van der Waals surface area contributed by atoms with Gasteiger partial charge in [-0.3, -0.25) is 0 Å². The molecule has 0 aromatic heterocycles. The Kier molecular flexibility index (Phi) is 3.21. The van der Waals surface area contributed by atoms with Gasteiger partial charge < -0.3 is 15.3 Å². The van der Waals surface area contributed by atoms with E-state index >= 15 is 0 Å². The van der Waals surface area contributed by atoms with Crippen molar-refractivity contribution in [3.8, 4) is 0 Å². The second-order valence-corrected chi connectivity index (χ2v) is 4.87. The van der Waals surface area contributed by atoms with Gasteiger partial charge in [0.05, 0.1) is 0 Å². The lowest BCUT2D eigenvalue weighted by Gasteiger charge is -2.27. The van der Waals surface area contributed by atoms with Gasteiger partial charge in [0.1, 0.15) is 6.04 Å². The molecule has 15 heavy (non-hydrogen) atoms. The molecule has 1 aliphatic heterocycles. The maximum Gasteiger partial charge on any atom is 0.326 e. The molecule has 2 N–H and O–H groups in total. The van der Waals surface area contributed by atoms with Crippen molar-refractivity contribution in [3.63, 3.8) is 0 Å². The summed E-state index contributed by atoms with van der Waals surface area (Å²) < 4.78 is 0. The van der Waals surface area contributed by atoms with Crippen LogP contribution in [0.2, 0.25) is 0 Å². The number of carbonyl (C=O) groups excluding carboxylic acids is 1. The molecule has 0 aliphatic carbocycles. The third kappa shape index (κ3) is 3.11. The largest absolute Gasteiger partial charge is 0.480 e. The summed E-state index contributed by atoms with van der Waals surface area (Å²) in [6.07, 6.45) is 1.31. The third-order valence-electron chi connectivity index (χ3n) is 2.28. The van der Waals surface area contributed by atoms with Gasteiger partial charge in [0.2, 0.25) is 0 Å². The maximum absolute atomic E-state index is 11.7. The lowest BCUT2D eigenvalue weighted by Crippen LogP contribution is -2.51. The maximum atomic E-state index is 11.7. The molecule has 5 nitrogen and oxygen atoms in total. The molecule has 0 spiro atoms. The molecule has 0 saturated carbocycles. The summed E-state index contributed by atoms with van der Waals surface area (Å²) in [6, 6.07) is -0.945. The highest BCUT2D eigenvalue weighted by Crippen LogP contribution is 2.18. The molecule has 1 rings (SSSR count). The van der Waals surface area contributed by atoms with Crippen LogP contribution in [0.4, 0.5) is 4.79 Å². The van der Waals surface area contributed by atoms with Crippen molar-refractivity contribution in [1.82, 2.24) is 10.2 Å². The number of carboxylic acids is 1. The van der Waals surface area contributed by atoms with Crippen LogP contribution in [0.25, 0.3) is 0 Å². The number of aliphatic carboxylic acids is 1. The van der Waals surface area contributed by atoms with Gasteiger partial charge >= 0.3 is 12.0 Å². The Morgan fingerprint density at radius 3 is 2.47 bits per heavy atom. The first-order chi connectivity index (χ1) is 6.81. The molecule has 1 aliphatic rings. The lowest BCUT2D eigenvalue weighted by molar-refractivity contribution is -0.141. The minimum atomic E-state index is -0.920. The fourth-order valence-electron chi connectivity index (χ4n) is 1.66. The number of rotatable bonds is 1. The van der Waals surface area contributed by atoms with Crippen molar-refractivity contribution in [2.24, 2.45) is 0 Å². The van der Waals surface area contributed by atoms with Crippen LogP contribution in [0.1, 0.15) is 33.6 Å². The summed E-state index contributed by atoms with van der Waals surface area (Å²) in [7, 11) is 0. The number of carbonyl (C=O) groups is 2. The Labute approximate surface area is 89.4 Å². The van der Waals surface area contributed by atoms with E-state index in [-0.39, 0.29) is 11.6 Å². The Hall–Kier alpha value is -1.26. The molecular weight excluding hydrogens is 196 g/mol. The van der Waals surface area contributed by atoms with Gasteiger partial charge in [-0.1, -0.05) is 0 Å². The van der Waals surface area contributed by atoms with E-state index in [1.807, 2.05) is 20.8 Å². The zero-order valence-corrected chi connectivity index (χ0v) is 9.41. The summed E-state index contributed by atoms with van der Waals surface area (Å²) in [5, 5.41) is 11.7. The van der Waals surface area contributed by atoms with E-state index in [2.05, 4.69) is 5.32 Å². The van der Waals surface area contributed by atoms with Crippen molar-refractivity contribution < 1.29 is 14.7 Å². The predicted molar refractivity (Wildman–Crippen MR) is 55.6 cm³/mol. The quantitative estimate of drug-likeness (QED) is 0.685. The summed E-state index contributed by atoms with van der Waals surface area (Å²) in [5.74, 6) is -0.920. The zero-order chi connectivity index (χ0) is 11.6. The van der Waals surface area contributed by atoms with Crippen LogP contribution in [0.5, 0.6) is 0 Å². The van der Waals surface area contributed by atoms with Crippen LogP contribution in [-0.4, -0.2) is 40.1 Å². The van der Waals surface area contributed by atoms with Crippen LogP contribution in [-0.2, 0) is 4.79 Å². The number of amides is 2. The topological polar surface area (TPSA) is 69.6 Å². The Balaban J connectivity index is 2.63. The Morgan fingerprint density at radius 1 is 1.40 bits per heavy atom. The van der Waals surface area contributed by atoms with Gasteiger partial charge in [0.25, 0.3) is 0 Å². The fraction of sp³-hybridized carbons (Fsp3) is 0.800. The molecule has 0 bridgehead atoms. The molecule has 0 aromatic rings. The van der Waals surface area contributed by atoms with Gasteiger partial charge in [0, 0.05) is 12.1 Å². The van der Waals surface area contributed by atoms with E-state index in [1.165, 1.54) is 4.90 Å². The summed E-state index contributed by atoms with van der Waals surface area (Å²) in [4.78, 5) is 24.0. The molecule has 86 valence electrons. The van der Waals surface area contributed by atoms with E-state index in [1.54, 1.807) is 0 Å². The van der Waals surface area contributed by atoms with Crippen molar-refractivity contribution in [2.75, 3.05) is 6.54 Å². The second-order valence-electron chi connectivity index (χ2n) is 4.87. The van der Waals surface area contributed by atoms with Gasteiger partial charge in [-0.2, -0.15) is 0 Å². The molecular formula is C10H18N2O3. The predicted octanol–water partition coefficient (Wildman–Crippen LogP) is 1.04. The Morgan fingerprint density at radius 2 is 2.00 bits per heavy atom. The van der Waals surface area contributed by atoms with Crippen molar-refractivity contribution in [1.29, 1.82) is 0 Å². The van der Waals surface area contributed by atoms with E-state index < -0.39 is 12.0 Å². The van der Waals surface area contributed by atoms with Crippen molar-refractivity contribution >= 4 is 12.0 Å². The molecule has 1 unspecified atom stereocenters. The number of nitrogens with zero attached hydrogens (tertiary/aromatic N) is 1. The first-order valence-corrected chi connectivity index (χ1v) is 5.13. The number of hydrogen-bond acceptors (Lipinski definition) is 2. The minimum absolute atomic E-state index is 0.285. The van der Waals surface area contributed by atoms with Crippen LogP contribution in [0.3, 0.4) is 0 Å². The highest BCUT2D eigenvalue weighted by Gasteiger charge is 2.34. The van der Waals surface area contributed by atoms with Crippen LogP contribution >= 0.6 is 0 Å². The number of likely N-dealkylation sites (tertiary alicyclic amines) is 1. The highest BCUT2D eigenvalue weighted by atomic mass is 16.4.